The average molecular weight is 336 g/mol. The first-order valence-corrected chi connectivity index (χ1v) is 9.06. The smallest absolute Gasteiger partial charge is 0.226 e. The molecule has 4 aliphatic rings. The third kappa shape index (κ3) is 2.88. The molecule has 0 heterocycles. The Balaban J connectivity index is 1.38. The summed E-state index contributed by atoms with van der Waals surface area (Å²) in [6.07, 6.45) is 7.06. The second-order valence-corrected chi connectivity index (χ2v) is 8.83. The van der Waals surface area contributed by atoms with Crippen molar-refractivity contribution in [3.63, 3.8) is 0 Å². The number of hydrogen-bond donors (Lipinski definition) is 1. The number of carbonyl (C=O) groups excluding carboxylic acids is 1. The van der Waals surface area contributed by atoms with Gasteiger partial charge in [0.1, 0.15) is 5.82 Å². The van der Waals surface area contributed by atoms with Gasteiger partial charge in [-0.15, -0.1) is 11.6 Å². The lowest BCUT2D eigenvalue weighted by molar-refractivity contribution is -0.144. The maximum Gasteiger partial charge on any atom is 0.226 e. The van der Waals surface area contributed by atoms with Crippen LogP contribution in [0.5, 0.6) is 0 Å². The van der Waals surface area contributed by atoms with Crippen LogP contribution in [0.15, 0.2) is 24.3 Å². The van der Waals surface area contributed by atoms with Gasteiger partial charge < -0.3 is 5.32 Å². The van der Waals surface area contributed by atoms with E-state index in [0.29, 0.717) is 18.4 Å². The molecule has 23 heavy (non-hydrogen) atoms. The zero-order valence-corrected chi connectivity index (χ0v) is 14.0. The highest BCUT2D eigenvalue weighted by atomic mass is 35.5. The molecule has 1 amide bonds. The van der Waals surface area contributed by atoms with Gasteiger partial charge in [-0.25, -0.2) is 4.39 Å². The van der Waals surface area contributed by atoms with Gasteiger partial charge in [0.15, 0.2) is 0 Å². The largest absolute Gasteiger partial charge is 0.355 e. The van der Waals surface area contributed by atoms with E-state index in [2.05, 4.69) is 5.32 Å². The first-order valence-electron chi connectivity index (χ1n) is 8.68. The molecule has 0 aliphatic heterocycles. The van der Waals surface area contributed by atoms with E-state index in [1.165, 1.54) is 18.6 Å². The second kappa shape index (κ2) is 5.47. The van der Waals surface area contributed by atoms with Crippen LogP contribution < -0.4 is 5.32 Å². The van der Waals surface area contributed by atoms with E-state index in [9.17, 15) is 9.18 Å². The van der Waals surface area contributed by atoms with Crippen molar-refractivity contribution >= 4 is 17.5 Å². The van der Waals surface area contributed by atoms with Crippen LogP contribution in [0.25, 0.3) is 0 Å². The lowest BCUT2D eigenvalue weighted by Crippen LogP contribution is -2.58. The van der Waals surface area contributed by atoms with Gasteiger partial charge in [-0.3, -0.25) is 4.79 Å². The molecular formula is C19H23ClFNO. The van der Waals surface area contributed by atoms with Crippen molar-refractivity contribution in [2.75, 3.05) is 6.54 Å². The summed E-state index contributed by atoms with van der Waals surface area (Å²) >= 11 is 6.79. The Morgan fingerprint density at radius 2 is 1.83 bits per heavy atom. The number of alkyl halides is 1. The van der Waals surface area contributed by atoms with Crippen LogP contribution >= 0.6 is 11.6 Å². The van der Waals surface area contributed by atoms with Gasteiger partial charge in [-0.2, -0.15) is 0 Å². The fourth-order valence-electron chi connectivity index (χ4n) is 5.58. The van der Waals surface area contributed by atoms with Crippen LogP contribution in [-0.2, 0) is 11.2 Å². The first kappa shape index (κ1) is 15.4. The Bertz CT molecular complexity index is 600. The summed E-state index contributed by atoms with van der Waals surface area (Å²) in [7, 11) is 0. The van der Waals surface area contributed by atoms with E-state index >= 15 is 0 Å². The number of hydrogen-bond acceptors (Lipinski definition) is 1. The Morgan fingerprint density at radius 1 is 1.17 bits per heavy atom. The summed E-state index contributed by atoms with van der Waals surface area (Å²) < 4.78 is 12.9. The predicted octanol–water partition coefficient (Wildman–Crippen LogP) is 4.06. The molecule has 0 radical (unpaired) electrons. The van der Waals surface area contributed by atoms with Crippen molar-refractivity contribution in [3.05, 3.63) is 35.6 Å². The highest BCUT2D eigenvalue weighted by Gasteiger charge is 2.59. The van der Waals surface area contributed by atoms with Gasteiger partial charge in [0.05, 0.1) is 5.41 Å². The summed E-state index contributed by atoms with van der Waals surface area (Å²) in [4.78, 5) is 12.7. The topological polar surface area (TPSA) is 29.1 Å². The number of halogens is 2. The van der Waals surface area contributed by atoms with Gasteiger partial charge in [-0.05, 0) is 74.5 Å². The Labute approximate surface area is 141 Å². The van der Waals surface area contributed by atoms with Crippen LogP contribution in [0.4, 0.5) is 4.39 Å². The Kier molecular flexibility index (Phi) is 3.67. The fourth-order valence-corrected chi connectivity index (χ4v) is 6.27. The van der Waals surface area contributed by atoms with Crippen molar-refractivity contribution < 1.29 is 9.18 Å². The molecule has 0 aromatic heterocycles. The van der Waals surface area contributed by atoms with Crippen molar-refractivity contribution in [3.8, 4) is 0 Å². The molecule has 4 heteroatoms. The summed E-state index contributed by atoms with van der Waals surface area (Å²) in [5.41, 5.74) is 0.820. The van der Waals surface area contributed by atoms with Crippen molar-refractivity contribution in [1.29, 1.82) is 0 Å². The number of benzene rings is 1. The van der Waals surface area contributed by atoms with E-state index in [-0.39, 0.29) is 22.0 Å². The molecule has 1 aromatic carbocycles. The number of amides is 1. The number of carbonyl (C=O) groups is 1. The molecule has 1 aromatic rings. The number of nitrogens with one attached hydrogen (secondary N) is 1. The van der Waals surface area contributed by atoms with E-state index in [1.807, 2.05) is 0 Å². The molecule has 1 N–H and O–H groups in total. The highest BCUT2D eigenvalue weighted by molar-refractivity contribution is 6.24. The quantitative estimate of drug-likeness (QED) is 0.826. The van der Waals surface area contributed by atoms with Crippen LogP contribution in [0.1, 0.15) is 44.1 Å². The first-order chi connectivity index (χ1) is 11.0. The molecule has 0 spiro atoms. The lowest BCUT2D eigenvalue weighted by atomic mass is 9.49. The van der Waals surface area contributed by atoms with Crippen LogP contribution in [-0.4, -0.2) is 17.3 Å². The molecule has 0 saturated heterocycles. The number of rotatable bonds is 4. The second-order valence-electron chi connectivity index (χ2n) is 8.02. The van der Waals surface area contributed by atoms with E-state index in [0.717, 1.165) is 44.1 Å². The summed E-state index contributed by atoms with van der Waals surface area (Å²) in [5.74, 6) is 1.24. The van der Waals surface area contributed by atoms with Crippen molar-refractivity contribution in [2.45, 2.75) is 49.8 Å². The standard InChI is InChI=1S/C19H23ClFNO/c20-19-10-14-7-15(11-19)9-18(8-14,12-19)17(23)22-6-5-13-1-3-16(21)4-2-13/h1-4,14-15H,5-12H2,(H,22,23)/t14-,15+,18?,19?. The zero-order valence-electron chi connectivity index (χ0n) is 13.3. The minimum Gasteiger partial charge on any atom is -0.355 e. The van der Waals surface area contributed by atoms with E-state index < -0.39 is 0 Å². The minimum atomic E-state index is -0.228. The predicted molar refractivity (Wildman–Crippen MR) is 88.8 cm³/mol. The minimum absolute atomic E-state index is 0.127. The van der Waals surface area contributed by atoms with Gasteiger partial charge in [0.25, 0.3) is 0 Å². The molecule has 124 valence electrons. The van der Waals surface area contributed by atoms with Gasteiger partial charge in [0, 0.05) is 11.4 Å². The van der Waals surface area contributed by atoms with Crippen molar-refractivity contribution in [1.82, 2.24) is 5.32 Å². The summed E-state index contributed by atoms with van der Waals surface area (Å²) in [5, 5.41) is 3.13. The lowest BCUT2D eigenvalue weighted by Gasteiger charge is -2.59. The van der Waals surface area contributed by atoms with Gasteiger partial charge >= 0.3 is 0 Å². The molecular weight excluding hydrogens is 313 g/mol. The molecule has 5 rings (SSSR count). The zero-order chi connectivity index (χ0) is 16.1. The van der Waals surface area contributed by atoms with Crippen LogP contribution in [0.2, 0.25) is 0 Å². The molecule has 2 nitrogen and oxygen atoms in total. The average Bonchev–Trinajstić information content (AvgIpc) is 2.46. The van der Waals surface area contributed by atoms with Gasteiger partial charge in [0.2, 0.25) is 5.91 Å². The van der Waals surface area contributed by atoms with E-state index in [4.69, 9.17) is 11.6 Å². The maximum absolute atomic E-state index is 12.9. The summed E-state index contributed by atoms with van der Waals surface area (Å²) in [6.45, 7) is 0.608. The Hall–Kier alpha value is -1.09. The van der Waals surface area contributed by atoms with E-state index in [1.54, 1.807) is 12.1 Å². The monoisotopic (exact) mass is 335 g/mol. The maximum atomic E-state index is 12.9. The molecule has 4 atom stereocenters. The molecule has 2 unspecified atom stereocenters. The molecule has 4 bridgehead atoms. The molecule has 4 aliphatic carbocycles. The molecule has 4 fully saturated rings. The van der Waals surface area contributed by atoms with Crippen molar-refractivity contribution in [2.24, 2.45) is 17.3 Å². The summed E-state index contributed by atoms with van der Waals surface area (Å²) in [6, 6.07) is 6.49. The van der Waals surface area contributed by atoms with Gasteiger partial charge in [-0.1, -0.05) is 12.1 Å². The third-order valence-electron chi connectivity index (χ3n) is 6.08. The van der Waals surface area contributed by atoms with Crippen LogP contribution in [0.3, 0.4) is 0 Å². The third-order valence-corrected chi connectivity index (χ3v) is 6.53. The normalized spacial score (nSPS) is 37.8. The Morgan fingerprint density at radius 3 is 2.43 bits per heavy atom. The van der Waals surface area contributed by atoms with Crippen LogP contribution in [0, 0.1) is 23.1 Å². The fraction of sp³-hybridized carbons (Fsp3) is 0.632. The SMILES string of the molecule is O=C(NCCc1ccc(F)cc1)C12C[C@@H]3C[C@@H](CC(Cl)(C3)C1)C2. The molecule has 4 saturated carbocycles. The highest BCUT2D eigenvalue weighted by Crippen LogP contribution is 2.63.